The molecule has 1 aliphatic carbocycles. The van der Waals surface area contributed by atoms with Crippen LogP contribution in [0.4, 0.5) is 0 Å². The van der Waals surface area contributed by atoms with Gasteiger partial charge in [-0.2, -0.15) is 0 Å². The minimum atomic E-state index is 0.423. The average molecular weight is 226 g/mol. The molecule has 3 rings (SSSR count). The molecule has 3 aliphatic rings. The summed E-state index contributed by atoms with van der Waals surface area (Å²) in [6.07, 6.45) is 3.09. The minimum absolute atomic E-state index is 0.423. The molecule has 0 amide bonds. The first-order valence-corrected chi connectivity index (χ1v) is 6.38. The number of hydrogen-bond acceptors (Lipinski definition) is 4. The van der Waals surface area contributed by atoms with Crippen molar-refractivity contribution in [2.24, 2.45) is 5.41 Å². The van der Waals surface area contributed by atoms with Gasteiger partial charge in [-0.3, -0.25) is 4.90 Å². The molecule has 0 aromatic rings. The summed E-state index contributed by atoms with van der Waals surface area (Å²) in [4.78, 5) is 2.56. The highest BCUT2D eigenvalue weighted by Gasteiger charge is 2.46. The summed E-state index contributed by atoms with van der Waals surface area (Å²) in [5, 5.41) is 3.55. The van der Waals surface area contributed by atoms with E-state index in [2.05, 4.69) is 10.2 Å². The Morgan fingerprint density at radius 3 is 3.00 bits per heavy atom. The van der Waals surface area contributed by atoms with Crippen LogP contribution in [0, 0.1) is 5.41 Å². The van der Waals surface area contributed by atoms with E-state index in [1.807, 2.05) is 7.11 Å². The molecule has 1 saturated carbocycles. The molecule has 4 nitrogen and oxygen atoms in total. The first-order valence-electron chi connectivity index (χ1n) is 6.38. The van der Waals surface area contributed by atoms with Gasteiger partial charge in [-0.15, -0.1) is 0 Å². The minimum Gasteiger partial charge on any atom is -0.384 e. The van der Waals surface area contributed by atoms with Crippen molar-refractivity contribution in [1.29, 1.82) is 0 Å². The van der Waals surface area contributed by atoms with E-state index in [0.717, 1.165) is 32.8 Å². The lowest BCUT2D eigenvalue weighted by atomic mass is 10.1. The molecule has 4 heteroatoms. The smallest absolute Gasteiger partial charge is 0.0867 e. The number of morpholine rings is 1. The van der Waals surface area contributed by atoms with Crippen LogP contribution in [0.2, 0.25) is 0 Å². The molecule has 0 aromatic carbocycles. The van der Waals surface area contributed by atoms with Crippen molar-refractivity contribution in [1.82, 2.24) is 10.2 Å². The van der Waals surface area contributed by atoms with Gasteiger partial charge < -0.3 is 14.8 Å². The summed E-state index contributed by atoms with van der Waals surface area (Å²) in [5.41, 5.74) is 0.474. The number of hydrogen-bond donors (Lipinski definition) is 1. The van der Waals surface area contributed by atoms with Crippen LogP contribution in [0.3, 0.4) is 0 Å². The molecule has 2 unspecified atom stereocenters. The fourth-order valence-electron chi connectivity index (χ4n) is 3.11. The Morgan fingerprint density at radius 1 is 1.44 bits per heavy atom. The highest BCUT2D eigenvalue weighted by atomic mass is 16.5. The lowest BCUT2D eigenvalue weighted by molar-refractivity contribution is 0.0165. The summed E-state index contributed by atoms with van der Waals surface area (Å²) in [7, 11) is 1.81. The van der Waals surface area contributed by atoms with Gasteiger partial charge in [-0.25, -0.2) is 0 Å². The van der Waals surface area contributed by atoms with Crippen molar-refractivity contribution in [2.45, 2.75) is 25.0 Å². The second kappa shape index (κ2) is 4.26. The Balaban J connectivity index is 1.53. The Labute approximate surface area is 97.3 Å². The molecule has 2 heterocycles. The van der Waals surface area contributed by atoms with Gasteiger partial charge >= 0.3 is 0 Å². The van der Waals surface area contributed by atoms with Crippen molar-refractivity contribution >= 4 is 0 Å². The number of methoxy groups -OCH3 is 1. The van der Waals surface area contributed by atoms with Crippen molar-refractivity contribution in [3.63, 3.8) is 0 Å². The van der Waals surface area contributed by atoms with Crippen LogP contribution in [0.1, 0.15) is 12.8 Å². The Hall–Kier alpha value is -0.160. The van der Waals surface area contributed by atoms with E-state index in [-0.39, 0.29) is 0 Å². The van der Waals surface area contributed by atoms with Gasteiger partial charge in [0.05, 0.1) is 19.3 Å². The average Bonchev–Trinajstić information content (AvgIpc) is 2.91. The lowest BCUT2D eigenvalue weighted by Crippen LogP contribution is -2.47. The molecule has 2 atom stereocenters. The predicted molar refractivity (Wildman–Crippen MR) is 61.5 cm³/mol. The van der Waals surface area contributed by atoms with E-state index in [1.54, 1.807) is 0 Å². The predicted octanol–water partition coefficient (Wildman–Crippen LogP) is 0.0856. The van der Waals surface area contributed by atoms with E-state index in [1.165, 1.54) is 19.4 Å². The second-order valence-corrected chi connectivity index (χ2v) is 5.60. The van der Waals surface area contributed by atoms with Gasteiger partial charge in [-0.05, 0) is 12.8 Å². The van der Waals surface area contributed by atoms with Crippen LogP contribution in [0.5, 0.6) is 0 Å². The highest BCUT2D eigenvalue weighted by Crippen LogP contribution is 2.46. The van der Waals surface area contributed by atoms with Gasteiger partial charge in [0.1, 0.15) is 0 Å². The molecule has 1 N–H and O–H groups in total. The van der Waals surface area contributed by atoms with Crippen LogP contribution in [0.15, 0.2) is 0 Å². The Bertz CT molecular complexity index is 241. The van der Waals surface area contributed by atoms with Gasteiger partial charge in [0.2, 0.25) is 0 Å². The van der Waals surface area contributed by atoms with Gasteiger partial charge in [0.15, 0.2) is 0 Å². The number of likely N-dealkylation sites (tertiary alicyclic amines) is 1. The maximum Gasteiger partial charge on any atom is 0.0867 e. The maximum atomic E-state index is 5.79. The first-order chi connectivity index (χ1) is 7.81. The van der Waals surface area contributed by atoms with E-state index >= 15 is 0 Å². The Kier molecular flexibility index (Phi) is 2.92. The summed E-state index contributed by atoms with van der Waals surface area (Å²) in [5.74, 6) is 0. The lowest BCUT2D eigenvalue weighted by Gasteiger charge is -2.25. The molecule has 0 radical (unpaired) electrons. The first kappa shape index (κ1) is 11.0. The molecule has 2 saturated heterocycles. The standard InChI is InChI=1S/C12H22N2O2/c1-15-9-12(2-3-12)8-14-6-10-11(7-14)16-5-4-13-10/h10-11,13H,2-9H2,1H3. The van der Waals surface area contributed by atoms with Gasteiger partial charge in [0, 0.05) is 44.7 Å². The second-order valence-electron chi connectivity index (χ2n) is 5.60. The van der Waals surface area contributed by atoms with E-state index < -0.39 is 0 Å². The molecule has 0 spiro atoms. The van der Waals surface area contributed by atoms with Crippen LogP contribution < -0.4 is 5.32 Å². The molecule has 3 fully saturated rings. The van der Waals surface area contributed by atoms with E-state index in [4.69, 9.17) is 9.47 Å². The third-order valence-electron chi connectivity index (χ3n) is 4.15. The number of nitrogens with one attached hydrogen (secondary N) is 1. The highest BCUT2D eigenvalue weighted by molar-refractivity contribution is 5.00. The van der Waals surface area contributed by atoms with Crippen molar-refractivity contribution < 1.29 is 9.47 Å². The molecule has 92 valence electrons. The summed E-state index contributed by atoms with van der Waals surface area (Å²) >= 11 is 0. The third-order valence-corrected chi connectivity index (χ3v) is 4.15. The van der Waals surface area contributed by atoms with Gasteiger partial charge in [0.25, 0.3) is 0 Å². The van der Waals surface area contributed by atoms with E-state index in [0.29, 0.717) is 17.6 Å². The van der Waals surface area contributed by atoms with Crippen molar-refractivity contribution in [3.8, 4) is 0 Å². The SMILES string of the molecule is COCC1(CN2CC3NCCOC3C2)CC1. The zero-order chi connectivity index (χ0) is 11.0. The number of rotatable bonds is 4. The van der Waals surface area contributed by atoms with Crippen molar-refractivity contribution in [2.75, 3.05) is 46.5 Å². The fourth-order valence-corrected chi connectivity index (χ4v) is 3.11. The largest absolute Gasteiger partial charge is 0.384 e. The fraction of sp³-hybridized carbons (Fsp3) is 1.00. The van der Waals surface area contributed by atoms with Crippen LogP contribution in [-0.4, -0.2) is 63.5 Å². The van der Waals surface area contributed by atoms with Gasteiger partial charge in [-0.1, -0.05) is 0 Å². The monoisotopic (exact) mass is 226 g/mol. The maximum absolute atomic E-state index is 5.79. The topological polar surface area (TPSA) is 33.7 Å². The van der Waals surface area contributed by atoms with Crippen molar-refractivity contribution in [3.05, 3.63) is 0 Å². The summed E-state index contributed by atoms with van der Waals surface area (Å²) in [6, 6.07) is 0.562. The summed E-state index contributed by atoms with van der Waals surface area (Å²) < 4.78 is 11.1. The quantitative estimate of drug-likeness (QED) is 0.736. The molecule has 0 bridgehead atoms. The molecular formula is C12H22N2O2. The number of ether oxygens (including phenoxy) is 2. The van der Waals surface area contributed by atoms with E-state index in [9.17, 15) is 0 Å². The molecular weight excluding hydrogens is 204 g/mol. The van der Waals surface area contributed by atoms with Crippen LogP contribution in [0.25, 0.3) is 0 Å². The molecule has 2 aliphatic heterocycles. The number of fused-ring (bicyclic) bond motifs is 1. The van der Waals surface area contributed by atoms with Crippen LogP contribution in [-0.2, 0) is 9.47 Å². The molecule has 16 heavy (non-hydrogen) atoms. The normalized spacial score (nSPS) is 37.3. The number of nitrogens with zero attached hydrogens (tertiary/aromatic N) is 1. The molecule has 0 aromatic heterocycles. The zero-order valence-electron chi connectivity index (χ0n) is 10.1. The zero-order valence-corrected chi connectivity index (χ0v) is 10.1. The third kappa shape index (κ3) is 2.12. The summed E-state index contributed by atoms with van der Waals surface area (Å²) in [6.45, 7) is 6.25. The Morgan fingerprint density at radius 2 is 2.31 bits per heavy atom. The van der Waals surface area contributed by atoms with Crippen LogP contribution >= 0.6 is 0 Å².